The third-order valence-electron chi connectivity index (χ3n) is 4.05. The first-order valence-corrected chi connectivity index (χ1v) is 6.54. The summed E-state index contributed by atoms with van der Waals surface area (Å²) < 4.78 is 24.8. The second-order valence-electron chi connectivity index (χ2n) is 5.11. The molecule has 19 heavy (non-hydrogen) atoms. The minimum atomic E-state index is -0.216. The zero-order valence-corrected chi connectivity index (χ0v) is 10.3. The molecule has 0 aliphatic carbocycles. The SMILES string of the molecule is Fc1ccc2c(c1)[C@H]1OCC[C@H]1[C@H](c1ccco1)N2. The smallest absolute Gasteiger partial charge is 0.126 e. The Morgan fingerprint density at radius 3 is 3.05 bits per heavy atom. The van der Waals surface area contributed by atoms with Crippen LogP contribution in [0.2, 0.25) is 0 Å². The highest BCUT2D eigenvalue weighted by Crippen LogP contribution is 2.49. The lowest BCUT2D eigenvalue weighted by atomic mass is 9.83. The zero-order valence-electron chi connectivity index (χ0n) is 10.3. The molecule has 2 aromatic rings. The number of hydrogen-bond acceptors (Lipinski definition) is 3. The van der Waals surface area contributed by atoms with Crippen LogP contribution in [0.25, 0.3) is 0 Å². The van der Waals surface area contributed by atoms with Crippen LogP contribution in [0.4, 0.5) is 10.1 Å². The molecule has 1 N–H and O–H groups in total. The molecule has 3 atom stereocenters. The van der Waals surface area contributed by atoms with Crippen molar-refractivity contribution in [3.8, 4) is 0 Å². The molecule has 1 fully saturated rings. The molecule has 3 heterocycles. The van der Waals surface area contributed by atoms with Gasteiger partial charge in [0, 0.05) is 23.8 Å². The maximum atomic E-state index is 13.4. The van der Waals surface area contributed by atoms with E-state index in [9.17, 15) is 4.39 Å². The lowest BCUT2D eigenvalue weighted by molar-refractivity contribution is 0.0805. The molecule has 1 aromatic carbocycles. The number of hydrogen-bond donors (Lipinski definition) is 1. The molecule has 4 heteroatoms. The van der Waals surface area contributed by atoms with Crippen molar-refractivity contribution >= 4 is 5.69 Å². The van der Waals surface area contributed by atoms with Crippen molar-refractivity contribution in [2.24, 2.45) is 5.92 Å². The number of ether oxygens (including phenoxy) is 1. The molecular weight excluding hydrogens is 245 g/mol. The van der Waals surface area contributed by atoms with Crippen LogP contribution in [0.3, 0.4) is 0 Å². The normalized spacial score (nSPS) is 28.6. The van der Waals surface area contributed by atoms with Gasteiger partial charge in [0.1, 0.15) is 11.6 Å². The molecule has 0 spiro atoms. The maximum absolute atomic E-state index is 13.4. The Hall–Kier alpha value is -1.81. The summed E-state index contributed by atoms with van der Waals surface area (Å²) in [5.41, 5.74) is 1.86. The predicted octanol–water partition coefficient (Wildman–Crippen LogP) is 3.66. The number of rotatable bonds is 1. The van der Waals surface area contributed by atoms with E-state index in [0.717, 1.165) is 23.4 Å². The highest BCUT2D eigenvalue weighted by atomic mass is 19.1. The Morgan fingerprint density at radius 2 is 2.21 bits per heavy atom. The van der Waals surface area contributed by atoms with E-state index in [-0.39, 0.29) is 18.0 Å². The number of benzene rings is 1. The molecule has 3 nitrogen and oxygen atoms in total. The van der Waals surface area contributed by atoms with Gasteiger partial charge in [-0.15, -0.1) is 0 Å². The highest BCUT2D eigenvalue weighted by molar-refractivity contribution is 5.56. The lowest BCUT2D eigenvalue weighted by Crippen LogP contribution is -2.29. The summed E-state index contributed by atoms with van der Waals surface area (Å²) in [6.45, 7) is 0.712. The first kappa shape index (κ1) is 11.1. The van der Waals surface area contributed by atoms with Gasteiger partial charge in [-0.3, -0.25) is 0 Å². The summed E-state index contributed by atoms with van der Waals surface area (Å²) in [6.07, 6.45) is 2.60. The van der Waals surface area contributed by atoms with Gasteiger partial charge in [0.25, 0.3) is 0 Å². The summed E-state index contributed by atoms with van der Waals surface area (Å²) in [5.74, 6) is 0.988. The van der Waals surface area contributed by atoms with E-state index in [1.165, 1.54) is 6.07 Å². The van der Waals surface area contributed by atoms with Gasteiger partial charge >= 0.3 is 0 Å². The van der Waals surface area contributed by atoms with E-state index < -0.39 is 0 Å². The molecule has 0 unspecified atom stereocenters. The maximum Gasteiger partial charge on any atom is 0.126 e. The minimum absolute atomic E-state index is 0.0398. The summed E-state index contributed by atoms with van der Waals surface area (Å²) in [6, 6.07) is 8.78. The molecule has 0 radical (unpaired) electrons. The summed E-state index contributed by atoms with van der Waals surface area (Å²) >= 11 is 0. The van der Waals surface area contributed by atoms with Gasteiger partial charge in [-0.2, -0.15) is 0 Å². The van der Waals surface area contributed by atoms with Gasteiger partial charge in [0.2, 0.25) is 0 Å². The van der Waals surface area contributed by atoms with Crippen molar-refractivity contribution in [2.75, 3.05) is 11.9 Å². The second kappa shape index (κ2) is 4.10. The van der Waals surface area contributed by atoms with Crippen LogP contribution in [-0.4, -0.2) is 6.61 Å². The first-order chi connectivity index (χ1) is 9.33. The van der Waals surface area contributed by atoms with Crippen LogP contribution in [0.15, 0.2) is 41.0 Å². The standard InChI is InChI=1S/C15H14FNO2/c16-9-3-4-12-11(8-9)15-10(5-7-19-15)14(17-12)13-2-1-6-18-13/h1-4,6,8,10,14-15,17H,5,7H2/t10-,14+,15-/m0/s1. The molecule has 2 aliphatic rings. The molecule has 1 aromatic heterocycles. The Kier molecular flexibility index (Phi) is 2.38. The van der Waals surface area contributed by atoms with E-state index in [2.05, 4.69) is 5.32 Å². The zero-order chi connectivity index (χ0) is 12.8. The third-order valence-corrected chi connectivity index (χ3v) is 4.05. The number of fused-ring (bicyclic) bond motifs is 3. The van der Waals surface area contributed by atoms with Gasteiger partial charge in [-0.25, -0.2) is 4.39 Å². The topological polar surface area (TPSA) is 34.4 Å². The van der Waals surface area contributed by atoms with E-state index in [4.69, 9.17) is 9.15 Å². The van der Waals surface area contributed by atoms with Gasteiger partial charge in [-0.05, 0) is 36.8 Å². The van der Waals surface area contributed by atoms with Gasteiger partial charge in [0.15, 0.2) is 0 Å². The molecule has 0 saturated carbocycles. The van der Waals surface area contributed by atoms with Crippen molar-refractivity contribution < 1.29 is 13.5 Å². The van der Waals surface area contributed by atoms with Crippen molar-refractivity contribution in [3.05, 3.63) is 53.7 Å². The van der Waals surface area contributed by atoms with Crippen molar-refractivity contribution in [2.45, 2.75) is 18.6 Å². The van der Waals surface area contributed by atoms with Crippen molar-refractivity contribution in [1.29, 1.82) is 0 Å². The molecule has 4 rings (SSSR count). The van der Waals surface area contributed by atoms with Gasteiger partial charge in [0.05, 0.1) is 18.4 Å². The van der Waals surface area contributed by atoms with Gasteiger partial charge < -0.3 is 14.5 Å². The summed E-state index contributed by atoms with van der Waals surface area (Å²) in [5, 5.41) is 3.46. The molecule has 0 amide bonds. The number of halogens is 1. The summed E-state index contributed by atoms with van der Waals surface area (Å²) in [4.78, 5) is 0. The monoisotopic (exact) mass is 259 g/mol. The molecular formula is C15H14FNO2. The van der Waals surface area contributed by atoms with E-state index in [1.54, 1.807) is 18.4 Å². The fourth-order valence-electron chi connectivity index (χ4n) is 3.19. The number of furan rings is 1. The first-order valence-electron chi connectivity index (χ1n) is 6.54. The van der Waals surface area contributed by atoms with Crippen LogP contribution in [0.5, 0.6) is 0 Å². The second-order valence-corrected chi connectivity index (χ2v) is 5.11. The van der Waals surface area contributed by atoms with Gasteiger partial charge in [-0.1, -0.05) is 0 Å². The van der Waals surface area contributed by atoms with E-state index >= 15 is 0 Å². The van der Waals surface area contributed by atoms with E-state index in [1.807, 2.05) is 12.1 Å². The van der Waals surface area contributed by atoms with Crippen LogP contribution >= 0.6 is 0 Å². The fourth-order valence-corrected chi connectivity index (χ4v) is 3.19. The lowest BCUT2D eigenvalue weighted by Gasteiger charge is -2.35. The molecule has 1 saturated heterocycles. The Morgan fingerprint density at radius 1 is 1.26 bits per heavy atom. The quantitative estimate of drug-likeness (QED) is 0.848. The van der Waals surface area contributed by atoms with Crippen LogP contribution in [-0.2, 0) is 4.74 Å². The van der Waals surface area contributed by atoms with Crippen molar-refractivity contribution in [1.82, 2.24) is 0 Å². The highest BCUT2D eigenvalue weighted by Gasteiger charge is 2.42. The molecule has 98 valence electrons. The third kappa shape index (κ3) is 1.67. The average Bonchev–Trinajstić information content (AvgIpc) is 3.09. The van der Waals surface area contributed by atoms with E-state index in [0.29, 0.717) is 12.5 Å². The Labute approximate surface area is 110 Å². The molecule has 0 bridgehead atoms. The minimum Gasteiger partial charge on any atom is -0.467 e. The fraction of sp³-hybridized carbons (Fsp3) is 0.333. The predicted molar refractivity (Wildman–Crippen MR) is 68.3 cm³/mol. The van der Waals surface area contributed by atoms with Crippen LogP contribution in [0, 0.1) is 11.7 Å². The summed E-state index contributed by atoms with van der Waals surface area (Å²) in [7, 11) is 0. The average molecular weight is 259 g/mol. The van der Waals surface area contributed by atoms with Crippen LogP contribution in [0.1, 0.15) is 29.9 Å². The number of nitrogens with one attached hydrogen (secondary N) is 1. The largest absolute Gasteiger partial charge is 0.467 e. The Balaban J connectivity index is 1.80. The molecule has 2 aliphatic heterocycles. The number of anilines is 1. The van der Waals surface area contributed by atoms with Crippen molar-refractivity contribution in [3.63, 3.8) is 0 Å². The van der Waals surface area contributed by atoms with Crippen LogP contribution < -0.4 is 5.32 Å². The Bertz CT molecular complexity index is 596.